The highest BCUT2D eigenvalue weighted by Crippen LogP contribution is 2.18. The van der Waals surface area contributed by atoms with Gasteiger partial charge in [0.15, 0.2) is 0 Å². The monoisotopic (exact) mass is 163 g/mol. The van der Waals surface area contributed by atoms with Crippen molar-refractivity contribution in [2.45, 2.75) is 45.4 Å². The molecule has 0 amide bonds. The van der Waals surface area contributed by atoms with Crippen LogP contribution in [0.2, 0.25) is 0 Å². The van der Waals surface area contributed by atoms with Crippen LogP contribution in [-0.2, 0) is 0 Å². The van der Waals surface area contributed by atoms with Gasteiger partial charge in [0.25, 0.3) is 0 Å². The summed E-state index contributed by atoms with van der Waals surface area (Å²) in [5.41, 5.74) is 0. The molecule has 0 nitrogen and oxygen atoms in total. The second kappa shape index (κ2) is 6.05. The summed E-state index contributed by atoms with van der Waals surface area (Å²) in [4.78, 5) is 0. The van der Waals surface area contributed by atoms with Crippen LogP contribution in [-0.4, -0.2) is 0 Å². The predicted octanol–water partition coefficient (Wildman–Crippen LogP) is 3.89. The first-order chi connectivity index (χ1) is 5.93. The SMILES string of the molecule is CCCCC=CC1C[C]=CCC1. The molecule has 1 atom stereocenters. The highest BCUT2D eigenvalue weighted by atomic mass is 14.1. The van der Waals surface area contributed by atoms with Crippen molar-refractivity contribution in [3.63, 3.8) is 0 Å². The molecular formula is C12H19. The molecule has 0 saturated heterocycles. The van der Waals surface area contributed by atoms with Gasteiger partial charge < -0.3 is 0 Å². The average molecular weight is 163 g/mol. The van der Waals surface area contributed by atoms with Gasteiger partial charge in [-0.15, -0.1) is 0 Å². The lowest BCUT2D eigenvalue weighted by atomic mass is 9.94. The van der Waals surface area contributed by atoms with Crippen molar-refractivity contribution in [1.82, 2.24) is 0 Å². The third-order valence-electron chi connectivity index (χ3n) is 2.34. The van der Waals surface area contributed by atoms with Gasteiger partial charge in [-0.3, -0.25) is 0 Å². The van der Waals surface area contributed by atoms with Crippen LogP contribution >= 0.6 is 0 Å². The fourth-order valence-corrected chi connectivity index (χ4v) is 1.51. The van der Waals surface area contributed by atoms with E-state index in [1.165, 1.54) is 32.1 Å². The number of rotatable bonds is 4. The lowest BCUT2D eigenvalue weighted by molar-refractivity contribution is 0.572. The topological polar surface area (TPSA) is 0 Å². The zero-order valence-corrected chi connectivity index (χ0v) is 8.05. The molecule has 12 heavy (non-hydrogen) atoms. The summed E-state index contributed by atoms with van der Waals surface area (Å²) in [5.74, 6) is 0.784. The van der Waals surface area contributed by atoms with E-state index in [1.807, 2.05) is 0 Å². The van der Waals surface area contributed by atoms with Gasteiger partial charge in [0.05, 0.1) is 0 Å². The Balaban J connectivity index is 2.12. The van der Waals surface area contributed by atoms with Crippen molar-refractivity contribution >= 4 is 0 Å². The Kier molecular flexibility index (Phi) is 4.82. The molecule has 0 aliphatic heterocycles. The molecule has 1 aliphatic rings. The van der Waals surface area contributed by atoms with Gasteiger partial charge in [-0.25, -0.2) is 0 Å². The van der Waals surface area contributed by atoms with E-state index < -0.39 is 0 Å². The van der Waals surface area contributed by atoms with Crippen LogP contribution in [0.1, 0.15) is 45.4 Å². The van der Waals surface area contributed by atoms with E-state index in [2.05, 4.69) is 31.2 Å². The van der Waals surface area contributed by atoms with Gasteiger partial charge in [-0.2, -0.15) is 0 Å². The summed E-state index contributed by atoms with van der Waals surface area (Å²) < 4.78 is 0. The van der Waals surface area contributed by atoms with E-state index in [0.29, 0.717) is 0 Å². The molecule has 0 N–H and O–H groups in total. The highest BCUT2D eigenvalue weighted by Gasteiger charge is 2.04. The molecule has 0 heteroatoms. The summed E-state index contributed by atoms with van der Waals surface area (Å²) >= 11 is 0. The normalized spacial score (nSPS) is 23.6. The van der Waals surface area contributed by atoms with Gasteiger partial charge in [0, 0.05) is 0 Å². The second-order valence-electron chi connectivity index (χ2n) is 3.52. The van der Waals surface area contributed by atoms with Crippen molar-refractivity contribution in [2.75, 3.05) is 0 Å². The minimum Gasteiger partial charge on any atom is -0.0882 e. The van der Waals surface area contributed by atoms with Gasteiger partial charge >= 0.3 is 0 Å². The molecule has 0 bridgehead atoms. The average Bonchev–Trinajstić information content (AvgIpc) is 2.14. The van der Waals surface area contributed by atoms with Crippen molar-refractivity contribution in [3.05, 3.63) is 24.3 Å². The molecule has 0 fully saturated rings. The Bertz CT molecular complexity index is 153. The van der Waals surface area contributed by atoms with Gasteiger partial charge in [0.2, 0.25) is 0 Å². The molecule has 0 aromatic rings. The first-order valence-electron chi connectivity index (χ1n) is 5.15. The first kappa shape index (κ1) is 9.57. The van der Waals surface area contributed by atoms with E-state index in [-0.39, 0.29) is 0 Å². The molecule has 0 saturated carbocycles. The van der Waals surface area contributed by atoms with E-state index in [9.17, 15) is 0 Å². The van der Waals surface area contributed by atoms with Crippen molar-refractivity contribution in [3.8, 4) is 0 Å². The van der Waals surface area contributed by atoms with Crippen molar-refractivity contribution in [1.29, 1.82) is 0 Å². The largest absolute Gasteiger partial charge is 0.0882 e. The summed E-state index contributed by atoms with van der Waals surface area (Å²) in [6.45, 7) is 2.24. The molecular weight excluding hydrogens is 144 g/mol. The molecule has 1 radical (unpaired) electrons. The Morgan fingerprint density at radius 1 is 1.58 bits per heavy atom. The maximum atomic E-state index is 3.30. The van der Waals surface area contributed by atoms with Crippen LogP contribution in [0.15, 0.2) is 18.2 Å². The molecule has 1 aliphatic carbocycles. The number of hydrogen-bond donors (Lipinski definition) is 0. The third-order valence-corrected chi connectivity index (χ3v) is 2.34. The Morgan fingerprint density at radius 2 is 2.50 bits per heavy atom. The molecule has 1 unspecified atom stereocenters. The predicted molar refractivity (Wildman–Crippen MR) is 53.8 cm³/mol. The summed E-state index contributed by atoms with van der Waals surface area (Å²) in [5, 5.41) is 0. The standard InChI is InChI=1S/C12H19/c1-2-3-4-6-9-12-10-7-5-8-11-12/h5-6,9,12H,2-4,7,10-11H2,1H3. The molecule has 67 valence electrons. The van der Waals surface area contributed by atoms with Gasteiger partial charge in [-0.1, -0.05) is 38.0 Å². The van der Waals surface area contributed by atoms with Gasteiger partial charge in [-0.05, 0) is 37.7 Å². The van der Waals surface area contributed by atoms with Gasteiger partial charge in [0.1, 0.15) is 0 Å². The lowest BCUT2D eigenvalue weighted by Crippen LogP contribution is -1.98. The van der Waals surface area contributed by atoms with E-state index in [0.717, 1.165) is 12.3 Å². The second-order valence-corrected chi connectivity index (χ2v) is 3.52. The van der Waals surface area contributed by atoms with Crippen LogP contribution in [0, 0.1) is 12.0 Å². The summed E-state index contributed by atoms with van der Waals surface area (Å²) in [7, 11) is 0. The summed E-state index contributed by atoms with van der Waals surface area (Å²) in [6, 6.07) is 0. The smallest absolute Gasteiger partial charge is 0.0190 e. The van der Waals surface area contributed by atoms with E-state index in [4.69, 9.17) is 0 Å². The highest BCUT2D eigenvalue weighted by molar-refractivity contribution is 4.95. The quantitative estimate of drug-likeness (QED) is 0.435. The minimum absolute atomic E-state index is 0.784. The lowest BCUT2D eigenvalue weighted by Gasteiger charge is -2.11. The maximum absolute atomic E-state index is 3.30. The number of unbranched alkanes of at least 4 members (excludes halogenated alkanes) is 2. The number of hydrogen-bond acceptors (Lipinski definition) is 0. The summed E-state index contributed by atoms with van der Waals surface area (Å²) in [6.07, 6.45) is 17.8. The minimum atomic E-state index is 0.784. The van der Waals surface area contributed by atoms with Crippen LogP contribution in [0.4, 0.5) is 0 Å². The van der Waals surface area contributed by atoms with Crippen molar-refractivity contribution < 1.29 is 0 Å². The van der Waals surface area contributed by atoms with E-state index in [1.54, 1.807) is 0 Å². The Labute approximate surface area is 76.4 Å². The molecule has 0 spiro atoms. The fourth-order valence-electron chi connectivity index (χ4n) is 1.51. The third kappa shape index (κ3) is 3.75. The van der Waals surface area contributed by atoms with E-state index >= 15 is 0 Å². The Morgan fingerprint density at radius 3 is 3.17 bits per heavy atom. The van der Waals surface area contributed by atoms with Crippen LogP contribution < -0.4 is 0 Å². The molecule has 1 rings (SSSR count). The van der Waals surface area contributed by atoms with Crippen molar-refractivity contribution in [2.24, 2.45) is 5.92 Å². The molecule has 0 aromatic heterocycles. The molecule has 0 aromatic carbocycles. The zero-order valence-electron chi connectivity index (χ0n) is 8.05. The fraction of sp³-hybridized carbons (Fsp3) is 0.667. The van der Waals surface area contributed by atoms with Crippen LogP contribution in [0.25, 0.3) is 0 Å². The Hall–Kier alpha value is -0.520. The zero-order chi connectivity index (χ0) is 8.65. The first-order valence-corrected chi connectivity index (χ1v) is 5.15. The molecule has 0 heterocycles. The number of allylic oxidation sites excluding steroid dienone is 4. The van der Waals surface area contributed by atoms with Crippen LogP contribution in [0.3, 0.4) is 0 Å². The van der Waals surface area contributed by atoms with Crippen LogP contribution in [0.5, 0.6) is 0 Å². The maximum Gasteiger partial charge on any atom is -0.0190 e.